The van der Waals surface area contributed by atoms with Crippen LogP contribution in [0.4, 0.5) is 0 Å². The number of hydrogen-bond acceptors (Lipinski definition) is 3. The third-order valence-corrected chi connectivity index (χ3v) is 2.56. The van der Waals surface area contributed by atoms with Gasteiger partial charge in [0, 0.05) is 13.5 Å². The van der Waals surface area contributed by atoms with Crippen LogP contribution in [0.5, 0.6) is 0 Å². The van der Waals surface area contributed by atoms with Crippen molar-refractivity contribution < 1.29 is 33.6 Å². The predicted octanol–water partition coefficient (Wildman–Crippen LogP) is -2.28. The number of nitrogens with zero attached hydrogens (tertiary/aromatic N) is 1. The zero-order chi connectivity index (χ0) is 12.6. The first-order valence-electron chi connectivity index (χ1n) is 5.58. The summed E-state index contributed by atoms with van der Waals surface area (Å²) in [5, 5.41) is 10.5. The van der Waals surface area contributed by atoms with Crippen molar-refractivity contribution in [2.24, 2.45) is 0 Å². The number of aliphatic carboxylic acids is 1. The molecule has 0 bridgehead atoms. The summed E-state index contributed by atoms with van der Waals surface area (Å²) < 4.78 is 0. The molecule has 0 heterocycles. The number of hydrogen-bond donors (Lipinski definition) is 0. The summed E-state index contributed by atoms with van der Waals surface area (Å²) >= 11 is 0. The number of unbranched alkanes of at least 4 members (excludes halogenated alkanes) is 2. The fraction of sp³-hybridized carbons (Fsp3) is 0.667. The van der Waals surface area contributed by atoms with Crippen LogP contribution in [-0.2, 0) is 9.59 Å². The molecule has 0 spiro atoms. The van der Waals surface area contributed by atoms with Gasteiger partial charge in [-0.15, -0.1) is 0 Å². The second kappa shape index (κ2) is 10.4. The Morgan fingerprint density at radius 1 is 1.35 bits per heavy atom. The second-order valence-corrected chi connectivity index (χ2v) is 3.81. The van der Waals surface area contributed by atoms with Gasteiger partial charge in [-0.2, -0.15) is 0 Å². The van der Waals surface area contributed by atoms with Gasteiger partial charge in [-0.3, -0.25) is 4.79 Å². The first-order valence-corrected chi connectivity index (χ1v) is 5.58. The Balaban J connectivity index is 0. The number of rotatable bonds is 7. The Bertz CT molecular complexity index is 266. The van der Waals surface area contributed by atoms with Gasteiger partial charge >= 0.3 is 18.9 Å². The van der Waals surface area contributed by atoms with Crippen molar-refractivity contribution in [3.63, 3.8) is 0 Å². The predicted molar refractivity (Wildman–Crippen MR) is 60.5 cm³/mol. The number of amides is 1. The van der Waals surface area contributed by atoms with Crippen LogP contribution >= 0.6 is 0 Å². The van der Waals surface area contributed by atoms with Crippen molar-refractivity contribution in [3.8, 4) is 0 Å². The number of carboxylic acid groups (broad SMARTS) is 1. The third kappa shape index (κ3) is 8.06. The van der Waals surface area contributed by atoms with E-state index in [4.69, 9.17) is 0 Å². The van der Waals surface area contributed by atoms with Gasteiger partial charge in [-0.05, 0) is 33.1 Å². The summed E-state index contributed by atoms with van der Waals surface area (Å²) in [6.45, 7) is 3.41. The first-order chi connectivity index (χ1) is 7.50. The standard InChI is InChI=1S/C12H21NO3.Li/c1-4-5-6-7-8-9-11(14)13(3)10(2)12(15)16;/h4-5,10H,6-9H2,1-3H3,(H,15,16);/q;+1/p-1/b5-4+;. The van der Waals surface area contributed by atoms with E-state index in [0.29, 0.717) is 6.42 Å². The average Bonchev–Trinajstić information content (AvgIpc) is 2.26. The maximum absolute atomic E-state index is 11.5. The Morgan fingerprint density at radius 3 is 2.41 bits per heavy atom. The number of carbonyl (C=O) groups is 2. The van der Waals surface area contributed by atoms with Crippen LogP contribution < -0.4 is 24.0 Å². The topological polar surface area (TPSA) is 60.4 Å². The van der Waals surface area contributed by atoms with Crippen molar-refractivity contribution in [2.45, 2.75) is 45.6 Å². The van der Waals surface area contributed by atoms with Gasteiger partial charge in [0.1, 0.15) is 0 Å². The van der Waals surface area contributed by atoms with Crippen molar-refractivity contribution >= 4 is 11.9 Å². The normalized spacial score (nSPS) is 11.9. The molecule has 5 heteroatoms. The van der Waals surface area contributed by atoms with Crippen molar-refractivity contribution in [1.82, 2.24) is 4.90 Å². The molecule has 0 aliphatic rings. The molecular weight excluding hydrogens is 213 g/mol. The van der Waals surface area contributed by atoms with Gasteiger partial charge in [0.15, 0.2) is 0 Å². The van der Waals surface area contributed by atoms with Crippen molar-refractivity contribution in [1.29, 1.82) is 0 Å². The smallest absolute Gasteiger partial charge is 0.548 e. The number of likely N-dealkylation sites (N-methyl/N-ethyl adjacent to an activating group) is 1. The molecule has 1 unspecified atom stereocenters. The third-order valence-electron chi connectivity index (χ3n) is 2.56. The molecule has 0 radical (unpaired) electrons. The molecule has 0 saturated carbocycles. The fourth-order valence-electron chi connectivity index (χ4n) is 1.26. The second-order valence-electron chi connectivity index (χ2n) is 3.81. The maximum Gasteiger partial charge on any atom is 1.00 e. The van der Waals surface area contributed by atoms with Gasteiger partial charge in [-0.1, -0.05) is 12.2 Å². The molecule has 0 N–H and O–H groups in total. The Kier molecular flexibility index (Phi) is 11.4. The van der Waals surface area contributed by atoms with Gasteiger partial charge < -0.3 is 14.8 Å². The summed E-state index contributed by atoms with van der Waals surface area (Å²) in [5.41, 5.74) is 0. The summed E-state index contributed by atoms with van der Waals surface area (Å²) in [6.07, 6.45) is 7.12. The summed E-state index contributed by atoms with van der Waals surface area (Å²) in [4.78, 5) is 23.3. The molecule has 0 aliphatic carbocycles. The van der Waals surface area contributed by atoms with Crippen LogP contribution in [0.2, 0.25) is 0 Å². The molecule has 1 atom stereocenters. The van der Waals surface area contributed by atoms with E-state index >= 15 is 0 Å². The van der Waals surface area contributed by atoms with E-state index in [-0.39, 0.29) is 24.8 Å². The molecule has 1 amide bonds. The van der Waals surface area contributed by atoms with Crippen molar-refractivity contribution in [3.05, 3.63) is 12.2 Å². The minimum Gasteiger partial charge on any atom is -0.548 e. The van der Waals surface area contributed by atoms with E-state index < -0.39 is 12.0 Å². The maximum atomic E-state index is 11.5. The zero-order valence-corrected chi connectivity index (χ0v) is 11.2. The number of allylic oxidation sites excluding steroid dienone is 2. The minimum atomic E-state index is -1.22. The fourth-order valence-corrected chi connectivity index (χ4v) is 1.26. The molecular formula is C12H20LiNO3. The molecule has 0 aromatic heterocycles. The molecule has 0 saturated heterocycles. The Labute approximate surface area is 115 Å². The van der Waals surface area contributed by atoms with E-state index in [1.54, 1.807) is 0 Å². The average molecular weight is 233 g/mol. The molecule has 0 fully saturated rings. The molecule has 4 nitrogen and oxygen atoms in total. The molecule has 0 aromatic rings. The number of carboxylic acids is 1. The zero-order valence-electron chi connectivity index (χ0n) is 11.2. The van der Waals surface area contributed by atoms with Gasteiger partial charge in [-0.25, -0.2) is 0 Å². The van der Waals surface area contributed by atoms with E-state index in [0.717, 1.165) is 19.3 Å². The van der Waals surface area contributed by atoms with Crippen LogP contribution in [0.1, 0.15) is 39.5 Å². The monoisotopic (exact) mass is 233 g/mol. The van der Waals surface area contributed by atoms with Crippen molar-refractivity contribution in [2.75, 3.05) is 7.05 Å². The Morgan fingerprint density at radius 2 is 1.94 bits per heavy atom. The first kappa shape index (κ1) is 18.6. The summed E-state index contributed by atoms with van der Waals surface area (Å²) in [5.74, 6) is -1.36. The molecule has 0 aliphatic heterocycles. The van der Waals surface area contributed by atoms with E-state index in [9.17, 15) is 14.7 Å². The molecule has 0 rings (SSSR count). The van der Waals surface area contributed by atoms with E-state index in [1.807, 2.05) is 13.0 Å². The number of carbonyl (C=O) groups excluding carboxylic acids is 2. The SMILES string of the molecule is C/C=C/CCCCC(=O)N(C)C(C)C(=O)[O-].[Li+]. The quantitative estimate of drug-likeness (QED) is 0.283. The molecule has 17 heavy (non-hydrogen) atoms. The largest absolute Gasteiger partial charge is 1.00 e. The van der Waals surface area contributed by atoms with Crippen LogP contribution in [-0.4, -0.2) is 29.9 Å². The van der Waals surface area contributed by atoms with Gasteiger partial charge in [0.2, 0.25) is 5.91 Å². The summed E-state index contributed by atoms with van der Waals surface area (Å²) in [6, 6.07) is -0.858. The van der Waals surface area contributed by atoms with Crippen LogP contribution in [0.15, 0.2) is 12.2 Å². The molecule has 0 aromatic carbocycles. The van der Waals surface area contributed by atoms with E-state index in [1.165, 1.54) is 18.9 Å². The van der Waals surface area contributed by atoms with Crippen LogP contribution in [0.25, 0.3) is 0 Å². The minimum absolute atomic E-state index is 0. The van der Waals surface area contributed by atoms with E-state index in [2.05, 4.69) is 6.08 Å². The molecule has 92 valence electrons. The van der Waals surface area contributed by atoms with Gasteiger partial charge in [0.05, 0.1) is 12.0 Å². The summed E-state index contributed by atoms with van der Waals surface area (Å²) in [7, 11) is 1.49. The Hall–Kier alpha value is -0.723. The van der Waals surface area contributed by atoms with Gasteiger partial charge in [0.25, 0.3) is 0 Å². The van der Waals surface area contributed by atoms with Crippen LogP contribution in [0.3, 0.4) is 0 Å². The van der Waals surface area contributed by atoms with Crippen LogP contribution in [0, 0.1) is 0 Å².